The lowest BCUT2D eigenvalue weighted by Gasteiger charge is -2.51. The number of carbonyl (C=O) groups is 2. The van der Waals surface area contributed by atoms with Gasteiger partial charge in [0.2, 0.25) is 5.91 Å². The molecule has 2 aliphatic rings. The van der Waals surface area contributed by atoms with Crippen molar-refractivity contribution in [3.8, 4) is 0 Å². The second kappa shape index (κ2) is 10.5. The minimum Gasteiger partial charge on any atom is -0.350 e. The summed E-state index contributed by atoms with van der Waals surface area (Å²) < 4.78 is 2.06. The summed E-state index contributed by atoms with van der Waals surface area (Å²) in [7, 11) is 0. The number of carbonyl (C=O) groups excluding carboxylic acids is 2. The molecule has 0 bridgehead atoms. The van der Waals surface area contributed by atoms with E-state index in [9.17, 15) is 9.59 Å². The summed E-state index contributed by atoms with van der Waals surface area (Å²) in [5, 5.41) is 3.07. The molecule has 206 valence electrons. The highest BCUT2D eigenvalue weighted by Gasteiger charge is 2.48. The molecule has 2 atom stereocenters. The van der Waals surface area contributed by atoms with Crippen molar-refractivity contribution < 1.29 is 9.59 Å². The summed E-state index contributed by atoms with van der Waals surface area (Å²) in [4.78, 5) is 39.9. The first-order chi connectivity index (χ1) is 18.5. The number of rotatable bonds is 7. The van der Waals surface area contributed by atoms with E-state index in [1.807, 2.05) is 33.3 Å². The molecule has 1 aromatic carbocycles. The van der Waals surface area contributed by atoms with Crippen LogP contribution in [0.15, 0.2) is 49.1 Å². The first-order valence-electron chi connectivity index (χ1n) is 14.0. The van der Waals surface area contributed by atoms with Crippen molar-refractivity contribution in [1.82, 2.24) is 24.8 Å². The Balaban J connectivity index is 1.50. The summed E-state index contributed by atoms with van der Waals surface area (Å²) >= 11 is 0. The van der Waals surface area contributed by atoms with E-state index < -0.39 is 6.04 Å². The Morgan fingerprint density at radius 3 is 2.49 bits per heavy atom. The van der Waals surface area contributed by atoms with Gasteiger partial charge in [0.1, 0.15) is 12.2 Å². The zero-order chi connectivity index (χ0) is 27.9. The van der Waals surface area contributed by atoms with Gasteiger partial charge in [0.25, 0.3) is 5.91 Å². The number of nitrogens with zero attached hydrogens (tertiary/aromatic N) is 5. The van der Waals surface area contributed by atoms with E-state index >= 15 is 0 Å². The predicted octanol–water partition coefficient (Wildman–Crippen LogP) is 4.31. The van der Waals surface area contributed by atoms with Crippen LogP contribution in [0.3, 0.4) is 0 Å². The van der Waals surface area contributed by atoms with Crippen LogP contribution < -0.4 is 10.2 Å². The SMILES string of the molecule is Cc1nc2c(cc1Cc1ccc(C(C)(C)C)cc1)N(CCCn1ccnc1)C1CNC(=O)C(C(C)C)N1C2=O. The summed E-state index contributed by atoms with van der Waals surface area (Å²) in [6, 6.07) is 10.4. The Labute approximate surface area is 231 Å². The van der Waals surface area contributed by atoms with Crippen molar-refractivity contribution in [2.45, 2.75) is 78.6 Å². The van der Waals surface area contributed by atoms with Crippen LogP contribution in [0.25, 0.3) is 0 Å². The van der Waals surface area contributed by atoms with Crippen LogP contribution in [0.1, 0.15) is 73.9 Å². The Kier molecular flexibility index (Phi) is 7.23. The number of fused-ring (bicyclic) bond motifs is 2. The van der Waals surface area contributed by atoms with E-state index in [4.69, 9.17) is 4.98 Å². The molecule has 0 spiro atoms. The standard InChI is InChI=1S/C31H40N6O2/c1-20(2)28-29(38)33-18-26-36(14-7-13-35-15-12-32-19-35)25-17-23(21(3)34-27(25)30(39)37(26)28)16-22-8-10-24(11-9-22)31(4,5)6/h8-12,15,17,19-20,26,28H,7,13-14,16,18H2,1-6H3,(H,33,38). The topological polar surface area (TPSA) is 83.4 Å². The minimum absolute atomic E-state index is 0.0115. The predicted molar refractivity (Wildman–Crippen MR) is 153 cm³/mol. The maximum Gasteiger partial charge on any atom is 0.277 e. The molecule has 2 amide bonds. The highest BCUT2D eigenvalue weighted by molar-refractivity contribution is 6.03. The first-order valence-corrected chi connectivity index (χ1v) is 14.0. The molecule has 0 aliphatic carbocycles. The molecule has 8 heteroatoms. The number of imidazole rings is 1. The Hall–Kier alpha value is -3.68. The second-order valence-corrected chi connectivity index (χ2v) is 12.2. The molecule has 1 N–H and O–H groups in total. The van der Waals surface area contributed by atoms with E-state index in [0.717, 1.165) is 42.9 Å². The van der Waals surface area contributed by atoms with Crippen LogP contribution in [0.5, 0.6) is 0 Å². The third-order valence-corrected chi connectivity index (χ3v) is 7.97. The number of benzene rings is 1. The number of pyridine rings is 1. The fourth-order valence-corrected chi connectivity index (χ4v) is 5.78. The number of aryl methyl sites for hydroxylation is 2. The van der Waals surface area contributed by atoms with E-state index in [1.54, 1.807) is 11.1 Å². The Morgan fingerprint density at radius 2 is 1.85 bits per heavy atom. The average molecular weight is 529 g/mol. The van der Waals surface area contributed by atoms with Gasteiger partial charge in [-0.15, -0.1) is 0 Å². The molecular weight excluding hydrogens is 488 g/mol. The van der Waals surface area contributed by atoms with Crippen LogP contribution in [0, 0.1) is 12.8 Å². The van der Waals surface area contributed by atoms with Gasteiger partial charge in [0, 0.05) is 31.2 Å². The summed E-state index contributed by atoms with van der Waals surface area (Å²) in [6.07, 6.45) is 6.93. The smallest absolute Gasteiger partial charge is 0.277 e. The van der Waals surface area contributed by atoms with Crippen molar-refractivity contribution >= 4 is 17.5 Å². The van der Waals surface area contributed by atoms with Crippen LogP contribution in [-0.4, -0.2) is 56.5 Å². The van der Waals surface area contributed by atoms with Crippen molar-refractivity contribution in [2.75, 3.05) is 18.0 Å². The van der Waals surface area contributed by atoms with Gasteiger partial charge in [-0.3, -0.25) is 9.59 Å². The molecule has 0 saturated carbocycles. The van der Waals surface area contributed by atoms with Gasteiger partial charge in [-0.05, 0) is 53.9 Å². The van der Waals surface area contributed by atoms with Crippen molar-refractivity contribution in [3.05, 3.63) is 77.1 Å². The first kappa shape index (κ1) is 26.9. The monoisotopic (exact) mass is 528 g/mol. The lowest BCUT2D eigenvalue weighted by molar-refractivity contribution is -0.131. The number of anilines is 1. The molecule has 0 radical (unpaired) electrons. The average Bonchev–Trinajstić information content (AvgIpc) is 3.40. The van der Waals surface area contributed by atoms with Crippen molar-refractivity contribution in [3.63, 3.8) is 0 Å². The normalized spacial score (nSPS) is 19.3. The van der Waals surface area contributed by atoms with Crippen LogP contribution >= 0.6 is 0 Å². The molecule has 5 rings (SSSR count). The fourth-order valence-electron chi connectivity index (χ4n) is 5.78. The van der Waals surface area contributed by atoms with Gasteiger partial charge >= 0.3 is 0 Å². The third-order valence-electron chi connectivity index (χ3n) is 7.97. The van der Waals surface area contributed by atoms with Gasteiger partial charge < -0.3 is 19.7 Å². The number of nitrogens with one attached hydrogen (secondary N) is 1. The van der Waals surface area contributed by atoms with Crippen molar-refractivity contribution in [1.29, 1.82) is 0 Å². The van der Waals surface area contributed by atoms with E-state index in [1.165, 1.54) is 11.1 Å². The zero-order valence-corrected chi connectivity index (χ0v) is 23.9. The van der Waals surface area contributed by atoms with Crippen LogP contribution in [0.4, 0.5) is 5.69 Å². The molecule has 1 fully saturated rings. The highest BCUT2D eigenvalue weighted by atomic mass is 16.2. The van der Waals surface area contributed by atoms with E-state index in [-0.39, 0.29) is 29.3 Å². The van der Waals surface area contributed by atoms with E-state index in [2.05, 4.69) is 70.9 Å². The molecule has 39 heavy (non-hydrogen) atoms. The van der Waals surface area contributed by atoms with E-state index in [0.29, 0.717) is 12.2 Å². The van der Waals surface area contributed by atoms with Crippen LogP contribution in [0.2, 0.25) is 0 Å². The molecule has 2 unspecified atom stereocenters. The van der Waals surface area contributed by atoms with Gasteiger partial charge in [0.05, 0.1) is 18.6 Å². The molecular formula is C31H40N6O2. The number of aromatic nitrogens is 3. The highest BCUT2D eigenvalue weighted by Crippen LogP contribution is 2.36. The van der Waals surface area contributed by atoms with Crippen LogP contribution in [-0.2, 0) is 23.2 Å². The fraction of sp³-hybridized carbons (Fsp3) is 0.484. The van der Waals surface area contributed by atoms with Gasteiger partial charge in [-0.1, -0.05) is 58.9 Å². The molecule has 2 aliphatic heterocycles. The lowest BCUT2D eigenvalue weighted by atomic mass is 9.86. The number of piperazine rings is 1. The summed E-state index contributed by atoms with van der Waals surface area (Å²) in [5.41, 5.74) is 5.89. The maximum absolute atomic E-state index is 13.9. The Morgan fingerprint density at radius 1 is 1.10 bits per heavy atom. The number of hydrogen-bond acceptors (Lipinski definition) is 5. The minimum atomic E-state index is -0.524. The second-order valence-electron chi connectivity index (χ2n) is 12.2. The van der Waals surface area contributed by atoms with Gasteiger partial charge in [-0.25, -0.2) is 9.97 Å². The quantitative estimate of drug-likeness (QED) is 0.494. The summed E-state index contributed by atoms with van der Waals surface area (Å²) in [6.45, 7) is 14.6. The zero-order valence-electron chi connectivity index (χ0n) is 23.9. The lowest BCUT2D eigenvalue weighted by Crippen LogP contribution is -2.70. The van der Waals surface area contributed by atoms with Gasteiger partial charge in [0.15, 0.2) is 5.69 Å². The molecule has 4 heterocycles. The Bertz CT molecular complexity index is 1340. The number of hydrogen-bond donors (Lipinski definition) is 1. The number of amides is 2. The molecule has 2 aromatic heterocycles. The third kappa shape index (κ3) is 5.29. The maximum atomic E-state index is 13.9. The molecule has 3 aromatic rings. The summed E-state index contributed by atoms with van der Waals surface area (Å²) in [5.74, 6) is -0.260. The molecule has 1 saturated heterocycles. The largest absolute Gasteiger partial charge is 0.350 e. The van der Waals surface area contributed by atoms with Gasteiger partial charge in [-0.2, -0.15) is 0 Å². The van der Waals surface area contributed by atoms with Crippen molar-refractivity contribution in [2.24, 2.45) is 5.92 Å². The molecule has 8 nitrogen and oxygen atoms in total.